The highest BCUT2D eigenvalue weighted by Crippen LogP contribution is 2.21. The van der Waals surface area contributed by atoms with Gasteiger partial charge in [0.2, 0.25) is 5.88 Å². The standard InChI is InChI=1S/C8H9N2O/c1-3-7-8(10-4-1)11-6-2-5-9-7/h3-4,9H,2,5-6H2. The van der Waals surface area contributed by atoms with Crippen molar-refractivity contribution in [2.75, 3.05) is 18.5 Å². The number of pyridine rings is 1. The molecule has 0 amide bonds. The third kappa shape index (κ3) is 1.27. The van der Waals surface area contributed by atoms with Crippen LogP contribution in [0.15, 0.2) is 12.3 Å². The molecule has 0 aliphatic carbocycles. The van der Waals surface area contributed by atoms with E-state index in [0.29, 0.717) is 5.88 Å². The largest absolute Gasteiger partial charge is 0.476 e. The third-order valence-electron chi connectivity index (χ3n) is 1.59. The van der Waals surface area contributed by atoms with E-state index in [1.165, 1.54) is 0 Å². The topological polar surface area (TPSA) is 34.2 Å². The fourth-order valence-electron chi connectivity index (χ4n) is 1.05. The molecular weight excluding hydrogens is 140 g/mol. The Kier molecular flexibility index (Phi) is 1.63. The zero-order valence-electron chi connectivity index (χ0n) is 6.13. The molecule has 0 saturated heterocycles. The number of hydrogen-bond donors (Lipinski definition) is 1. The summed E-state index contributed by atoms with van der Waals surface area (Å²) in [6.45, 7) is 1.70. The zero-order chi connectivity index (χ0) is 7.52. The van der Waals surface area contributed by atoms with Crippen molar-refractivity contribution in [3.8, 4) is 5.88 Å². The lowest BCUT2D eigenvalue weighted by Crippen LogP contribution is -1.99. The highest BCUT2D eigenvalue weighted by atomic mass is 16.5. The molecule has 0 bridgehead atoms. The zero-order valence-corrected chi connectivity index (χ0v) is 6.13. The smallest absolute Gasteiger partial charge is 0.237 e. The van der Waals surface area contributed by atoms with Crippen LogP contribution in [0.4, 0.5) is 5.69 Å². The molecule has 0 aromatic carbocycles. The maximum Gasteiger partial charge on any atom is 0.237 e. The van der Waals surface area contributed by atoms with Crippen molar-refractivity contribution in [2.24, 2.45) is 0 Å². The van der Waals surface area contributed by atoms with Crippen molar-refractivity contribution in [2.45, 2.75) is 6.42 Å². The molecule has 2 heterocycles. The number of aromatic nitrogens is 1. The summed E-state index contributed by atoms with van der Waals surface area (Å²) in [6, 6.07) is 4.75. The van der Waals surface area contributed by atoms with Crippen LogP contribution in [0.25, 0.3) is 0 Å². The average Bonchev–Trinajstić information content (AvgIpc) is 2.28. The summed E-state index contributed by atoms with van der Waals surface area (Å²) in [5.41, 5.74) is 0.949. The Balaban J connectivity index is 2.33. The lowest BCUT2D eigenvalue weighted by molar-refractivity contribution is 0.311. The second kappa shape index (κ2) is 2.78. The maximum absolute atomic E-state index is 5.35. The number of nitrogens with zero attached hydrogens (tertiary/aromatic N) is 1. The van der Waals surface area contributed by atoms with E-state index < -0.39 is 0 Å². The molecule has 3 nitrogen and oxygen atoms in total. The highest BCUT2D eigenvalue weighted by Gasteiger charge is 2.06. The van der Waals surface area contributed by atoms with Gasteiger partial charge in [-0.15, -0.1) is 0 Å². The second-order valence-electron chi connectivity index (χ2n) is 2.42. The molecule has 0 spiro atoms. The molecule has 0 saturated carbocycles. The first-order valence-electron chi connectivity index (χ1n) is 3.69. The first kappa shape index (κ1) is 6.46. The molecule has 1 aromatic rings. The normalized spacial score (nSPS) is 15.6. The van der Waals surface area contributed by atoms with Gasteiger partial charge in [0, 0.05) is 18.8 Å². The maximum atomic E-state index is 5.35. The average molecular weight is 149 g/mol. The monoisotopic (exact) mass is 149 g/mol. The highest BCUT2D eigenvalue weighted by molar-refractivity contribution is 5.52. The van der Waals surface area contributed by atoms with E-state index in [2.05, 4.69) is 16.4 Å². The van der Waals surface area contributed by atoms with Gasteiger partial charge in [0.05, 0.1) is 12.3 Å². The molecule has 57 valence electrons. The molecular formula is C8H9N2O. The molecule has 2 rings (SSSR count). The fraction of sp³-hybridized carbons (Fsp3) is 0.375. The second-order valence-corrected chi connectivity index (χ2v) is 2.42. The Morgan fingerprint density at radius 3 is 3.64 bits per heavy atom. The van der Waals surface area contributed by atoms with E-state index in [1.807, 2.05) is 6.07 Å². The van der Waals surface area contributed by atoms with Crippen molar-refractivity contribution < 1.29 is 4.74 Å². The summed E-state index contributed by atoms with van der Waals surface area (Å²) in [5.74, 6) is 0.696. The Bertz CT molecular complexity index is 225. The van der Waals surface area contributed by atoms with Crippen LogP contribution in [0.1, 0.15) is 6.42 Å². The minimum atomic E-state index is 0.696. The number of ether oxygens (including phenoxy) is 1. The van der Waals surface area contributed by atoms with E-state index in [4.69, 9.17) is 4.74 Å². The summed E-state index contributed by atoms with van der Waals surface area (Å²) in [7, 11) is 0. The lowest BCUT2D eigenvalue weighted by Gasteiger charge is -2.03. The number of anilines is 1. The SMILES string of the molecule is [c]1cnc2c(c1)NCCCO2. The van der Waals surface area contributed by atoms with Crippen LogP contribution in [0.2, 0.25) is 0 Å². The number of rotatable bonds is 0. The summed E-state index contributed by atoms with van der Waals surface area (Å²) >= 11 is 0. The molecule has 3 heteroatoms. The van der Waals surface area contributed by atoms with E-state index in [1.54, 1.807) is 6.20 Å². The van der Waals surface area contributed by atoms with Crippen LogP contribution in [-0.4, -0.2) is 18.1 Å². The Morgan fingerprint density at radius 1 is 1.64 bits per heavy atom. The van der Waals surface area contributed by atoms with Gasteiger partial charge in [0.1, 0.15) is 0 Å². The van der Waals surface area contributed by atoms with Gasteiger partial charge in [-0.05, 0) is 12.5 Å². The van der Waals surface area contributed by atoms with Crippen LogP contribution < -0.4 is 10.1 Å². The molecule has 1 aliphatic heterocycles. The first-order chi connectivity index (χ1) is 5.47. The van der Waals surface area contributed by atoms with Crippen LogP contribution in [0, 0.1) is 6.07 Å². The minimum absolute atomic E-state index is 0.696. The molecule has 0 unspecified atom stereocenters. The Hall–Kier alpha value is -1.25. The van der Waals surface area contributed by atoms with E-state index in [9.17, 15) is 0 Å². The van der Waals surface area contributed by atoms with Crippen LogP contribution in [0.5, 0.6) is 5.88 Å². The van der Waals surface area contributed by atoms with Gasteiger partial charge in [-0.1, -0.05) is 0 Å². The Morgan fingerprint density at radius 2 is 2.64 bits per heavy atom. The van der Waals surface area contributed by atoms with Crippen molar-refractivity contribution in [3.05, 3.63) is 18.3 Å². The number of nitrogens with one attached hydrogen (secondary N) is 1. The van der Waals surface area contributed by atoms with E-state index >= 15 is 0 Å². The number of fused-ring (bicyclic) bond motifs is 1. The lowest BCUT2D eigenvalue weighted by atomic mass is 10.4. The minimum Gasteiger partial charge on any atom is -0.476 e. The summed E-state index contributed by atoms with van der Waals surface area (Å²) < 4.78 is 5.35. The van der Waals surface area contributed by atoms with Crippen molar-refractivity contribution in [1.82, 2.24) is 4.98 Å². The van der Waals surface area contributed by atoms with Gasteiger partial charge < -0.3 is 10.1 Å². The van der Waals surface area contributed by atoms with E-state index in [0.717, 1.165) is 25.3 Å². The summed E-state index contributed by atoms with van der Waals surface area (Å²) in [5, 5.41) is 3.21. The molecule has 1 radical (unpaired) electrons. The molecule has 11 heavy (non-hydrogen) atoms. The van der Waals surface area contributed by atoms with Gasteiger partial charge in [0.25, 0.3) is 0 Å². The molecule has 0 fully saturated rings. The Labute approximate surface area is 65.4 Å². The van der Waals surface area contributed by atoms with Gasteiger partial charge in [0.15, 0.2) is 0 Å². The van der Waals surface area contributed by atoms with E-state index in [-0.39, 0.29) is 0 Å². The van der Waals surface area contributed by atoms with Gasteiger partial charge in [-0.2, -0.15) is 0 Å². The van der Waals surface area contributed by atoms with Crippen LogP contribution >= 0.6 is 0 Å². The predicted octanol–water partition coefficient (Wildman–Crippen LogP) is 1.08. The molecule has 1 aromatic heterocycles. The van der Waals surface area contributed by atoms with Crippen LogP contribution in [0.3, 0.4) is 0 Å². The molecule has 0 atom stereocenters. The van der Waals surface area contributed by atoms with Crippen molar-refractivity contribution >= 4 is 5.69 Å². The fourth-order valence-corrected chi connectivity index (χ4v) is 1.05. The van der Waals surface area contributed by atoms with Gasteiger partial charge >= 0.3 is 0 Å². The predicted molar refractivity (Wildman–Crippen MR) is 41.7 cm³/mol. The summed E-state index contributed by atoms with van der Waals surface area (Å²) in [4.78, 5) is 4.04. The van der Waals surface area contributed by atoms with Crippen molar-refractivity contribution in [3.63, 3.8) is 0 Å². The van der Waals surface area contributed by atoms with Crippen molar-refractivity contribution in [1.29, 1.82) is 0 Å². The number of hydrogen-bond acceptors (Lipinski definition) is 3. The van der Waals surface area contributed by atoms with Gasteiger partial charge in [-0.25, -0.2) is 4.98 Å². The molecule has 1 N–H and O–H groups in total. The quantitative estimate of drug-likeness (QED) is 0.599. The third-order valence-corrected chi connectivity index (χ3v) is 1.59. The molecule has 1 aliphatic rings. The van der Waals surface area contributed by atoms with Gasteiger partial charge in [-0.3, -0.25) is 0 Å². The summed E-state index contributed by atoms with van der Waals surface area (Å²) in [6.07, 6.45) is 2.64. The first-order valence-corrected chi connectivity index (χ1v) is 3.69. The van der Waals surface area contributed by atoms with Crippen LogP contribution in [-0.2, 0) is 0 Å².